The zero-order valence-corrected chi connectivity index (χ0v) is 16.0. The van der Waals surface area contributed by atoms with E-state index in [0.717, 1.165) is 22.3 Å². The number of fused-ring (bicyclic) bond motifs is 1. The van der Waals surface area contributed by atoms with E-state index in [1.54, 1.807) is 33.3 Å². The summed E-state index contributed by atoms with van der Waals surface area (Å²) in [6, 6.07) is 10.7. The predicted molar refractivity (Wildman–Crippen MR) is 103 cm³/mol. The summed E-state index contributed by atoms with van der Waals surface area (Å²) < 4.78 is 16.2. The highest BCUT2D eigenvalue weighted by Crippen LogP contribution is 2.30. The Hall–Kier alpha value is -2.99. The molecule has 0 fully saturated rings. The maximum Gasteiger partial charge on any atom is 0.336 e. The molecular formula is C21H24NO5+. The summed E-state index contributed by atoms with van der Waals surface area (Å²) in [5, 5.41) is 10.7. The summed E-state index contributed by atoms with van der Waals surface area (Å²) in [5.41, 5.74) is 2.49. The lowest BCUT2D eigenvalue weighted by atomic mass is 10.1. The summed E-state index contributed by atoms with van der Waals surface area (Å²) in [7, 11) is 5.29. The third-order valence-electron chi connectivity index (χ3n) is 4.69. The molecular weight excluding hydrogens is 346 g/mol. The van der Waals surface area contributed by atoms with E-state index < -0.39 is 5.63 Å². The number of hydrogen-bond donors (Lipinski definition) is 2. The first-order chi connectivity index (χ1) is 12.9. The molecule has 2 N–H and O–H groups in total. The first kappa shape index (κ1) is 18.8. The van der Waals surface area contributed by atoms with Gasteiger partial charge in [0.25, 0.3) is 0 Å². The number of phenolic OH excluding ortho intramolecular Hbond substituents is 1. The normalized spacial score (nSPS) is 12.1. The maximum absolute atomic E-state index is 12.0. The topological polar surface area (TPSA) is 73.3 Å². The molecule has 27 heavy (non-hydrogen) atoms. The van der Waals surface area contributed by atoms with Gasteiger partial charge in [-0.2, -0.15) is 0 Å². The number of rotatable bonds is 6. The fraction of sp³-hybridized carbons (Fsp3) is 0.286. The Balaban J connectivity index is 1.92. The molecule has 0 radical (unpaired) electrons. The van der Waals surface area contributed by atoms with Gasteiger partial charge in [0.15, 0.2) is 11.5 Å². The van der Waals surface area contributed by atoms with Gasteiger partial charge in [0, 0.05) is 22.6 Å². The van der Waals surface area contributed by atoms with Gasteiger partial charge in [-0.15, -0.1) is 0 Å². The minimum atomic E-state index is -0.419. The average Bonchev–Trinajstić information content (AvgIpc) is 2.64. The van der Waals surface area contributed by atoms with Crippen LogP contribution in [0.25, 0.3) is 11.0 Å². The zero-order chi connectivity index (χ0) is 19.6. The van der Waals surface area contributed by atoms with Gasteiger partial charge in [-0.05, 0) is 31.2 Å². The summed E-state index contributed by atoms with van der Waals surface area (Å²) in [6.45, 7) is 3.05. The van der Waals surface area contributed by atoms with Crippen LogP contribution in [0.15, 0.2) is 45.6 Å². The molecule has 0 aliphatic rings. The summed E-state index contributed by atoms with van der Waals surface area (Å²) in [5.74, 6) is 1.53. The number of aromatic hydroxyl groups is 1. The van der Waals surface area contributed by atoms with Crippen molar-refractivity contribution in [2.75, 3.05) is 21.3 Å². The molecule has 1 aromatic heterocycles. The van der Waals surface area contributed by atoms with Crippen LogP contribution >= 0.6 is 0 Å². The van der Waals surface area contributed by atoms with Crippen molar-refractivity contribution in [3.63, 3.8) is 0 Å². The Bertz CT molecular complexity index is 1020. The van der Waals surface area contributed by atoms with E-state index in [-0.39, 0.29) is 5.75 Å². The quantitative estimate of drug-likeness (QED) is 0.650. The van der Waals surface area contributed by atoms with Crippen molar-refractivity contribution in [1.29, 1.82) is 0 Å². The lowest BCUT2D eigenvalue weighted by molar-refractivity contribution is -0.907. The monoisotopic (exact) mass is 370 g/mol. The lowest BCUT2D eigenvalue weighted by Gasteiger charge is -2.18. The second-order valence-corrected chi connectivity index (χ2v) is 6.64. The van der Waals surface area contributed by atoms with Crippen molar-refractivity contribution >= 4 is 11.0 Å². The first-order valence-corrected chi connectivity index (χ1v) is 8.71. The molecule has 1 heterocycles. The van der Waals surface area contributed by atoms with E-state index in [2.05, 4.69) is 0 Å². The highest BCUT2D eigenvalue weighted by atomic mass is 16.5. The van der Waals surface area contributed by atoms with Gasteiger partial charge in [0.2, 0.25) is 0 Å². The Kier molecular flexibility index (Phi) is 5.37. The Labute approximate surface area is 157 Å². The molecule has 2 aromatic carbocycles. The molecule has 142 valence electrons. The SMILES string of the molecule is COc1cccc(C[NH+](C)Cc2cc(=O)oc3c(C)c(O)ccc23)c1OC. The molecule has 0 amide bonds. The van der Waals surface area contributed by atoms with Gasteiger partial charge in [-0.1, -0.05) is 6.07 Å². The van der Waals surface area contributed by atoms with Crippen molar-refractivity contribution in [3.8, 4) is 17.2 Å². The number of quaternary nitrogens is 1. The molecule has 3 aromatic rings. The van der Waals surface area contributed by atoms with Crippen LogP contribution in [0.2, 0.25) is 0 Å². The third-order valence-corrected chi connectivity index (χ3v) is 4.69. The van der Waals surface area contributed by atoms with Gasteiger partial charge >= 0.3 is 5.63 Å². The molecule has 3 rings (SSSR count). The second kappa shape index (κ2) is 7.72. The number of para-hydroxylation sites is 1. The maximum atomic E-state index is 12.0. The number of methoxy groups -OCH3 is 2. The highest BCUT2D eigenvalue weighted by molar-refractivity contribution is 5.84. The number of hydrogen-bond acceptors (Lipinski definition) is 5. The summed E-state index contributed by atoms with van der Waals surface area (Å²) in [4.78, 5) is 13.2. The lowest BCUT2D eigenvalue weighted by Crippen LogP contribution is -3.06. The van der Waals surface area contributed by atoms with Crippen molar-refractivity contribution in [2.24, 2.45) is 0 Å². The molecule has 0 saturated heterocycles. The van der Waals surface area contributed by atoms with Crippen LogP contribution in [0.1, 0.15) is 16.7 Å². The van der Waals surface area contributed by atoms with E-state index in [4.69, 9.17) is 13.9 Å². The molecule has 6 heteroatoms. The Morgan fingerprint density at radius 1 is 1.07 bits per heavy atom. The molecule has 0 aliphatic heterocycles. The van der Waals surface area contributed by atoms with E-state index in [1.165, 1.54) is 11.0 Å². The Morgan fingerprint density at radius 3 is 2.52 bits per heavy atom. The molecule has 1 unspecified atom stereocenters. The molecule has 0 aliphatic carbocycles. The van der Waals surface area contributed by atoms with Gasteiger partial charge in [0.05, 0.1) is 26.8 Å². The number of nitrogens with one attached hydrogen (secondary N) is 1. The number of phenols is 1. The van der Waals surface area contributed by atoms with Crippen LogP contribution in [0, 0.1) is 6.92 Å². The van der Waals surface area contributed by atoms with Crippen molar-refractivity contribution < 1.29 is 23.9 Å². The molecule has 6 nitrogen and oxygen atoms in total. The van der Waals surface area contributed by atoms with Gasteiger partial charge in [-0.3, -0.25) is 0 Å². The smallest absolute Gasteiger partial charge is 0.336 e. The van der Waals surface area contributed by atoms with E-state index in [0.29, 0.717) is 30.0 Å². The van der Waals surface area contributed by atoms with Crippen LogP contribution in [-0.2, 0) is 13.1 Å². The number of ether oxygens (including phenoxy) is 2. The third kappa shape index (κ3) is 3.75. The predicted octanol–water partition coefficient (Wildman–Crippen LogP) is 2.04. The standard InChI is InChI=1S/C21H23NO5/c1-13-17(23)9-8-16-15(10-19(24)27-20(13)16)12-22(2)11-14-6-5-7-18(25-3)21(14)26-4/h5-10,23H,11-12H2,1-4H3/p+1. The summed E-state index contributed by atoms with van der Waals surface area (Å²) in [6.07, 6.45) is 0. The Morgan fingerprint density at radius 2 is 1.81 bits per heavy atom. The fourth-order valence-electron chi connectivity index (χ4n) is 3.37. The van der Waals surface area contributed by atoms with Crippen LogP contribution in [0.3, 0.4) is 0 Å². The van der Waals surface area contributed by atoms with Gasteiger partial charge < -0.3 is 23.9 Å². The zero-order valence-electron chi connectivity index (χ0n) is 16.0. The van der Waals surface area contributed by atoms with Gasteiger partial charge in [0.1, 0.15) is 24.4 Å². The second-order valence-electron chi connectivity index (χ2n) is 6.64. The van der Waals surface area contributed by atoms with Gasteiger partial charge in [-0.25, -0.2) is 4.79 Å². The van der Waals surface area contributed by atoms with E-state index in [1.807, 2.05) is 25.2 Å². The fourth-order valence-corrected chi connectivity index (χ4v) is 3.37. The van der Waals surface area contributed by atoms with Crippen LogP contribution in [-0.4, -0.2) is 26.4 Å². The molecule has 0 spiro atoms. The largest absolute Gasteiger partial charge is 0.508 e. The van der Waals surface area contributed by atoms with Crippen molar-refractivity contribution in [3.05, 3.63) is 63.5 Å². The minimum Gasteiger partial charge on any atom is -0.508 e. The number of aryl methyl sites for hydroxylation is 1. The van der Waals surface area contributed by atoms with Crippen LogP contribution in [0.5, 0.6) is 17.2 Å². The highest BCUT2D eigenvalue weighted by Gasteiger charge is 2.17. The van der Waals surface area contributed by atoms with E-state index >= 15 is 0 Å². The van der Waals surface area contributed by atoms with Crippen molar-refractivity contribution in [2.45, 2.75) is 20.0 Å². The van der Waals surface area contributed by atoms with E-state index in [9.17, 15) is 9.90 Å². The molecule has 0 saturated carbocycles. The minimum absolute atomic E-state index is 0.115. The summed E-state index contributed by atoms with van der Waals surface area (Å²) >= 11 is 0. The molecule has 1 atom stereocenters. The van der Waals surface area contributed by atoms with Crippen LogP contribution in [0.4, 0.5) is 0 Å². The average molecular weight is 370 g/mol. The number of benzene rings is 2. The van der Waals surface area contributed by atoms with Crippen LogP contribution < -0.4 is 20.0 Å². The first-order valence-electron chi connectivity index (χ1n) is 8.71. The van der Waals surface area contributed by atoms with Crippen molar-refractivity contribution in [1.82, 2.24) is 0 Å². The molecule has 0 bridgehead atoms.